The minimum Gasteiger partial charge on any atom is -0.382 e. The summed E-state index contributed by atoms with van der Waals surface area (Å²) in [7, 11) is 3.80. The Hall–Kier alpha value is -1.34. The van der Waals surface area contributed by atoms with Gasteiger partial charge in [-0.2, -0.15) is 0 Å². The van der Waals surface area contributed by atoms with Crippen molar-refractivity contribution in [1.82, 2.24) is 14.8 Å². The van der Waals surface area contributed by atoms with E-state index in [1.54, 1.807) is 0 Å². The summed E-state index contributed by atoms with van der Waals surface area (Å²) in [5, 5.41) is 0.772. The summed E-state index contributed by atoms with van der Waals surface area (Å²) in [6.07, 6.45) is 1.14. The standard InChI is InChI=1S/C14H25N5OS/c1-5-10(2)18-6-8-19(9-7-18)13(20)11-12(15)16-14(21-11)17(3)4/h10H,5-9,15H2,1-4H3. The van der Waals surface area contributed by atoms with Crippen LogP contribution >= 0.6 is 11.3 Å². The zero-order valence-corrected chi connectivity index (χ0v) is 14.1. The van der Waals surface area contributed by atoms with Crippen LogP contribution in [0.2, 0.25) is 0 Å². The molecule has 2 N–H and O–H groups in total. The van der Waals surface area contributed by atoms with E-state index in [4.69, 9.17) is 5.73 Å². The van der Waals surface area contributed by atoms with E-state index in [0.717, 1.165) is 37.7 Å². The molecule has 21 heavy (non-hydrogen) atoms. The van der Waals surface area contributed by atoms with E-state index >= 15 is 0 Å². The summed E-state index contributed by atoms with van der Waals surface area (Å²) in [5.41, 5.74) is 5.90. The molecule has 1 aromatic heterocycles. The van der Waals surface area contributed by atoms with Crippen LogP contribution in [0.15, 0.2) is 0 Å². The minimum absolute atomic E-state index is 0.0156. The van der Waals surface area contributed by atoms with E-state index in [9.17, 15) is 4.79 Å². The first kappa shape index (κ1) is 16.0. The first-order valence-electron chi connectivity index (χ1n) is 7.41. The van der Waals surface area contributed by atoms with Gasteiger partial charge in [0, 0.05) is 46.3 Å². The van der Waals surface area contributed by atoms with Crippen molar-refractivity contribution >= 4 is 28.2 Å². The summed E-state index contributed by atoms with van der Waals surface area (Å²) in [6, 6.07) is 0.580. The number of hydrogen-bond acceptors (Lipinski definition) is 6. The fraction of sp³-hybridized carbons (Fsp3) is 0.714. The van der Waals surface area contributed by atoms with Crippen LogP contribution in [0.1, 0.15) is 29.9 Å². The average molecular weight is 311 g/mol. The summed E-state index contributed by atoms with van der Waals surface area (Å²) in [5.74, 6) is 0.361. The van der Waals surface area contributed by atoms with Crippen LogP contribution in [-0.4, -0.2) is 67.0 Å². The molecule has 2 heterocycles. The molecular weight excluding hydrogens is 286 g/mol. The molecule has 2 rings (SSSR count). The van der Waals surface area contributed by atoms with Crippen molar-refractivity contribution in [1.29, 1.82) is 0 Å². The lowest BCUT2D eigenvalue weighted by Gasteiger charge is -2.37. The highest BCUT2D eigenvalue weighted by Gasteiger charge is 2.27. The molecule has 0 bridgehead atoms. The monoisotopic (exact) mass is 311 g/mol. The smallest absolute Gasteiger partial charge is 0.267 e. The van der Waals surface area contributed by atoms with Gasteiger partial charge in [0.15, 0.2) is 5.13 Å². The molecule has 1 unspecified atom stereocenters. The molecular formula is C14H25N5OS. The Labute approximate surface area is 130 Å². The van der Waals surface area contributed by atoms with Gasteiger partial charge in [0.05, 0.1) is 0 Å². The molecule has 1 saturated heterocycles. The van der Waals surface area contributed by atoms with Gasteiger partial charge in [0.1, 0.15) is 10.7 Å². The lowest BCUT2D eigenvalue weighted by Crippen LogP contribution is -2.51. The van der Waals surface area contributed by atoms with Gasteiger partial charge in [0.25, 0.3) is 5.91 Å². The number of carbonyl (C=O) groups excluding carboxylic acids is 1. The van der Waals surface area contributed by atoms with Crippen LogP contribution < -0.4 is 10.6 Å². The highest BCUT2D eigenvalue weighted by Crippen LogP contribution is 2.28. The molecule has 1 aromatic rings. The van der Waals surface area contributed by atoms with Gasteiger partial charge in [-0.3, -0.25) is 9.69 Å². The molecule has 118 valence electrons. The Morgan fingerprint density at radius 2 is 2.00 bits per heavy atom. The number of nitrogens with two attached hydrogens (primary N) is 1. The number of carbonyl (C=O) groups is 1. The number of rotatable bonds is 4. The van der Waals surface area contributed by atoms with Crippen LogP contribution in [-0.2, 0) is 0 Å². The molecule has 0 aliphatic carbocycles. The second-order valence-electron chi connectivity index (χ2n) is 5.69. The number of piperazine rings is 1. The number of hydrogen-bond donors (Lipinski definition) is 1. The second-order valence-corrected chi connectivity index (χ2v) is 6.67. The van der Waals surface area contributed by atoms with Crippen LogP contribution in [0, 0.1) is 0 Å². The van der Waals surface area contributed by atoms with Crippen molar-refractivity contribution in [3.05, 3.63) is 4.88 Å². The van der Waals surface area contributed by atoms with Gasteiger partial charge in [-0.15, -0.1) is 0 Å². The minimum atomic E-state index is 0.0156. The number of thiazole rings is 1. The van der Waals surface area contributed by atoms with Crippen molar-refractivity contribution in [2.75, 3.05) is 50.9 Å². The molecule has 0 radical (unpaired) electrons. The van der Waals surface area contributed by atoms with Crippen molar-refractivity contribution in [3.8, 4) is 0 Å². The highest BCUT2D eigenvalue weighted by molar-refractivity contribution is 7.18. The summed E-state index contributed by atoms with van der Waals surface area (Å²) < 4.78 is 0. The first-order chi connectivity index (χ1) is 9.93. The Bertz CT molecular complexity index is 494. The quantitative estimate of drug-likeness (QED) is 0.909. The Morgan fingerprint density at radius 3 is 2.48 bits per heavy atom. The number of nitrogens with zero attached hydrogens (tertiary/aromatic N) is 4. The maximum Gasteiger partial charge on any atom is 0.267 e. The summed E-state index contributed by atoms with van der Waals surface area (Å²) >= 11 is 1.37. The van der Waals surface area contributed by atoms with E-state index in [-0.39, 0.29) is 5.91 Å². The molecule has 0 saturated carbocycles. The maximum absolute atomic E-state index is 12.6. The second kappa shape index (κ2) is 6.62. The van der Waals surface area contributed by atoms with Gasteiger partial charge < -0.3 is 15.5 Å². The van der Waals surface area contributed by atoms with Crippen molar-refractivity contribution in [2.24, 2.45) is 0 Å². The topological polar surface area (TPSA) is 65.7 Å². The number of anilines is 2. The third kappa shape index (κ3) is 3.47. The predicted molar refractivity (Wildman–Crippen MR) is 88.1 cm³/mol. The van der Waals surface area contributed by atoms with Gasteiger partial charge in [0.2, 0.25) is 0 Å². The predicted octanol–water partition coefficient (Wildman–Crippen LogP) is 1.35. The third-order valence-electron chi connectivity index (χ3n) is 4.03. The molecule has 1 fully saturated rings. The average Bonchev–Trinajstić information content (AvgIpc) is 2.88. The van der Waals surface area contributed by atoms with Gasteiger partial charge in [-0.05, 0) is 13.3 Å². The van der Waals surface area contributed by atoms with E-state index < -0.39 is 0 Å². The summed E-state index contributed by atoms with van der Waals surface area (Å²) in [4.78, 5) is 23.6. The normalized spacial score (nSPS) is 17.8. The van der Waals surface area contributed by atoms with Crippen LogP contribution in [0.25, 0.3) is 0 Å². The molecule has 1 aliphatic heterocycles. The Balaban J connectivity index is 2.02. The van der Waals surface area contributed by atoms with Crippen LogP contribution in [0.5, 0.6) is 0 Å². The van der Waals surface area contributed by atoms with E-state index in [1.807, 2.05) is 23.9 Å². The van der Waals surface area contributed by atoms with Crippen LogP contribution in [0.3, 0.4) is 0 Å². The zero-order valence-electron chi connectivity index (χ0n) is 13.3. The summed E-state index contributed by atoms with van der Waals surface area (Å²) in [6.45, 7) is 7.82. The molecule has 6 nitrogen and oxygen atoms in total. The van der Waals surface area contributed by atoms with Gasteiger partial charge >= 0.3 is 0 Å². The van der Waals surface area contributed by atoms with Gasteiger partial charge in [-0.1, -0.05) is 18.3 Å². The van der Waals surface area contributed by atoms with Crippen LogP contribution in [0.4, 0.5) is 10.9 Å². The molecule has 0 spiro atoms. The molecule has 1 amide bonds. The lowest BCUT2D eigenvalue weighted by atomic mass is 10.2. The molecule has 1 atom stereocenters. The highest BCUT2D eigenvalue weighted by atomic mass is 32.1. The van der Waals surface area contributed by atoms with Crippen molar-refractivity contribution < 1.29 is 4.79 Å². The van der Waals surface area contributed by atoms with E-state index in [1.165, 1.54) is 11.3 Å². The van der Waals surface area contributed by atoms with Crippen molar-refractivity contribution in [3.63, 3.8) is 0 Å². The Morgan fingerprint density at radius 1 is 1.38 bits per heavy atom. The Kier molecular flexibility index (Phi) is 5.05. The number of aromatic nitrogens is 1. The number of amides is 1. The third-order valence-corrected chi connectivity index (χ3v) is 5.26. The molecule has 1 aliphatic rings. The first-order valence-corrected chi connectivity index (χ1v) is 8.22. The molecule has 0 aromatic carbocycles. The fourth-order valence-electron chi connectivity index (χ4n) is 2.43. The van der Waals surface area contributed by atoms with Gasteiger partial charge in [-0.25, -0.2) is 4.98 Å². The largest absolute Gasteiger partial charge is 0.382 e. The molecule has 7 heteroatoms. The van der Waals surface area contributed by atoms with E-state index in [2.05, 4.69) is 23.7 Å². The SMILES string of the molecule is CCC(C)N1CCN(C(=O)c2sc(N(C)C)nc2N)CC1. The fourth-order valence-corrected chi connectivity index (χ4v) is 3.31. The van der Waals surface area contributed by atoms with Crippen molar-refractivity contribution in [2.45, 2.75) is 26.3 Å². The van der Waals surface area contributed by atoms with E-state index in [0.29, 0.717) is 16.7 Å². The zero-order chi connectivity index (χ0) is 15.6. The number of nitrogen functional groups attached to an aromatic ring is 1. The lowest BCUT2D eigenvalue weighted by molar-refractivity contribution is 0.0585. The maximum atomic E-state index is 12.6.